The van der Waals surface area contributed by atoms with Crippen molar-refractivity contribution in [3.8, 4) is 5.75 Å². The summed E-state index contributed by atoms with van der Waals surface area (Å²) in [7, 11) is 0. The van der Waals surface area contributed by atoms with Gasteiger partial charge in [0.15, 0.2) is 11.6 Å². The summed E-state index contributed by atoms with van der Waals surface area (Å²) in [5.41, 5.74) is 0.133. The van der Waals surface area contributed by atoms with Crippen molar-refractivity contribution < 1.29 is 13.9 Å². The number of rotatable bonds is 6. The van der Waals surface area contributed by atoms with Gasteiger partial charge >= 0.3 is 0 Å². The first-order valence-corrected chi connectivity index (χ1v) is 12.3. The second-order valence-electron chi connectivity index (χ2n) is 9.87. The maximum atomic E-state index is 12.7. The van der Waals surface area contributed by atoms with Crippen molar-refractivity contribution in [2.24, 2.45) is 17.8 Å². The molecule has 172 valence electrons. The van der Waals surface area contributed by atoms with Gasteiger partial charge in [0.25, 0.3) is 5.91 Å². The van der Waals surface area contributed by atoms with Crippen molar-refractivity contribution in [3.63, 3.8) is 0 Å². The Kier molecular flexibility index (Phi) is 5.18. The number of furan rings is 1. The van der Waals surface area contributed by atoms with Crippen LogP contribution >= 0.6 is 23.2 Å². The van der Waals surface area contributed by atoms with Gasteiger partial charge in [-0.3, -0.25) is 9.48 Å². The molecule has 0 atom stereocenters. The summed E-state index contributed by atoms with van der Waals surface area (Å²) in [6.07, 6.45) is 9.83. The normalized spacial score (nSPS) is 27.6. The molecule has 8 heteroatoms. The van der Waals surface area contributed by atoms with E-state index in [0.717, 1.165) is 17.8 Å². The first-order chi connectivity index (χ1) is 16.0. The number of nitrogens with zero attached hydrogens (tertiary/aromatic N) is 2. The van der Waals surface area contributed by atoms with E-state index in [1.54, 1.807) is 30.3 Å². The maximum Gasteiger partial charge on any atom is 0.292 e. The van der Waals surface area contributed by atoms with E-state index in [9.17, 15) is 4.79 Å². The molecule has 4 saturated carbocycles. The van der Waals surface area contributed by atoms with Crippen LogP contribution in [-0.4, -0.2) is 15.7 Å². The summed E-state index contributed by atoms with van der Waals surface area (Å²) in [4.78, 5) is 12.7. The molecule has 2 aromatic heterocycles. The van der Waals surface area contributed by atoms with E-state index < -0.39 is 0 Å². The van der Waals surface area contributed by atoms with Crippen molar-refractivity contribution in [3.05, 3.63) is 64.2 Å². The van der Waals surface area contributed by atoms with Gasteiger partial charge in [-0.25, -0.2) is 0 Å². The molecule has 0 unspecified atom stereocenters. The number of halogens is 2. The Morgan fingerprint density at radius 2 is 1.82 bits per heavy atom. The lowest BCUT2D eigenvalue weighted by molar-refractivity contribution is -0.0492. The van der Waals surface area contributed by atoms with Crippen LogP contribution in [0.3, 0.4) is 0 Å². The number of ether oxygens (including phenoxy) is 1. The number of anilines is 1. The van der Waals surface area contributed by atoms with Crippen molar-refractivity contribution >= 4 is 34.9 Å². The van der Waals surface area contributed by atoms with E-state index in [2.05, 4.69) is 10.00 Å². The lowest BCUT2D eigenvalue weighted by Gasteiger charge is -2.56. The Morgan fingerprint density at radius 3 is 2.55 bits per heavy atom. The second-order valence-corrected chi connectivity index (χ2v) is 10.7. The molecule has 4 aliphatic carbocycles. The highest BCUT2D eigenvalue weighted by Crippen LogP contribution is 2.58. The monoisotopic (exact) mass is 485 g/mol. The van der Waals surface area contributed by atoms with Crippen LogP contribution in [0.2, 0.25) is 10.0 Å². The first kappa shape index (κ1) is 21.1. The van der Waals surface area contributed by atoms with E-state index in [1.165, 1.54) is 38.5 Å². The minimum atomic E-state index is -0.335. The Hall–Kier alpha value is -2.44. The van der Waals surface area contributed by atoms with Crippen molar-refractivity contribution in [2.75, 3.05) is 5.32 Å². The zero-order valence-electron chi connectivity index (χ0n) is 18.1. The molecule has 4 bridgehead atoms. The van der Waals surface area contributed by atoms with Crippen LogP contribution < -0.4 is 10.1 Å². The second kappa shape index (κ2) is 8.10. The SMILES string of the molecule is O=C(Nc1ccn(C23CC4CC(CC(C4)C2)C3)n1)c1ccc(COc2cc(Cl)ccc2Cl)o1. The topological polar surface area (TPSA) is 69.3 Å². The Labute approximate surface area is 202 Å². The summed E-state index contributed by atoms with van der Waals surface area (Å²) >= 11 is 12.1. The average molecular weight is 486 g/mol. The first-order valence-electron chi connectivity index (χ1n) is 11.5. The van der Waals surface area contributed by atoms with E-state index >= 15 is 0 Å². The Morgan fingerprint density at radius 1 is 1.09 bits per heavy atom. The summed E-state index contributed by atoms with van der Waals surface area (Å²) < 4.78 is 13.5. The predicted octanol–water partition coefficient (Wildman–Crippen LogP) is 6.54. The van der Waals surface area contributed by atoms with Gasteiger partial charge in [0.2, 0.25) is 0 Å². The predicted molar refractivity (Wildman–Crippen MR) is 126 cm³/mol. The molecular formula is C25H25Cl2N3O3. The number of benzene rings is 1. The summed E-state index contributed by atoms with van der Waals surface area (Å²) in [6.45, 7) is 0.133. The van der Waals surface area contributed by atoms with Crippen LogP contribution in [0.1, 0.15) is 54.8 Å². The van der Waals surface area contributed by atoms with Gasteiger partial charge in [0, 0.05) is 23.4 Å². The van der Waals surface area contributed by atoms with E-state index in [0.29, 0.717) is 27.4 Å². The molecule has 4 fully saturated rings. The molecule has 2 heterocycles. The Balaban J connectivity index is 1.10. The van der Waals surface area contributed by atoms with E-state index in [-0.39, 0.29) is 23.8 Å². The third kappa shape index (κ3) is 4.04. The number of nitrogens with one attached hydrogen (secondary N) is 1. The standard InChI is InChI=1S/C25H25Cl2N3O3/c26-18-1-3-20(27)22(10-18)32-14-19-2-4-21(33-19)24(31)28-23-5-6-30(29-23)25-11-15-7-16(12-25)9-17(8-15)13-25/h1-6,10,15-17H,7-9,11-14H2,(H,28,29,31). The number of carbonyl (C=O) groups is 1. The van der Waals surface area contributed by atoms with Crippen LogP contribution in [0.4, 0.5) is 5.82 Å². The Bertz CT molecular complexity index is 1170. The fourth-order valence-corrected chi connectivity index (χ4v) is 6.83. The number of amides is 1. The zero-order valence-corrected chi connectivity index (χ0v) is 19.6. The van der Waals surface area contributed by atoms with E-state index in [4.69, 9.17) is 37.5 Å². The molecule has 4 aliphatic rings. The van der Waals surface area contributed by atoms with Gasteiger partial charge < -0.3 is 14.5 Å². The van der Waals surface area contributed by atoms with Crippen LogP contribution in [0.5, 0.6) is 5.75 Å². The van der Waals surface area contributed by atoms with Crippen molar-refractivity contribution in [1.29, 1.82) is 0 Å². The number of carbonyl (C=O) groups excluding carboxylic acids is 1. The molecule has 6 nitrogen and oxygen atoms in total. The van der Waals surface area contributed by atoms with Crippen LogP contribution in [0.25, 0.3) is 0 Å². The molecular weight excluding hydrogens is 461 g/mol. The lowest BCUT2D eigenvalue weighted by Crippen LogP contribution is -2.52. The summed E-state index contributed by atoms with van der Waals surface area (Å²) in [5.74, 6) is 3.90. The quantitative estimate of drug-likeness (QED) is 0.430. The molecule has 0 saturated heterocycles. The van der Waals surface area contributed by atoms with Gasteiger partial charge in [0.05, 0.1) is 10.6 Å². The highest BCUT2D eigenvalue weighted by Gasteiger charge is 2.52. The largest absolute Gasteiger partial charge is 0.484 e. The van der Waals surface area contributed by atoms with Crippen LogP contribution in [0, 0.1) is 17.8 Å². The van der Waals surface area contributed by atoms with Gasteiger partial charge in [-0.2, -0.15) is 5.10 Å². The molecule has 33 heavy (non-hydrogen) atoms. The van der Waals surface area contributed by atoms with Crippen LogP contribution in [0.15, 0.2) is 47.0 Å². The fraction of sp³-hybridized carbons (Fsp3) is 0.440. The number of hydrogen-bond acceptors (Lipinski definition) is 4. The van der Waals surface area contributed by atoms with Crippen molar-refractivity contribution in [2.45, 2.75) is 50.7 Å². The summed E-state index contributed by atoms with van der Waals surface area (Å²) in [5, 5.41) is 8.61. The van der Waals surface area contributed by atoms with Crippen molar-refractivity contribution in [1.82, 2.24) is 9.78 Å². The van der Waals surface area contributed by atoms with Crippen LogP contribution in [-0.2, 0) is 12.1 Å². The minimum absolute atomic E-state index is 0.133. The molecule has 0 aliphatic heterocycles. The number of hydrogen-bond donors (Lipinski definition) is 1. The third-order valence-electron chi connectivity index (χ3n) is 7.47. The zero-order chi connectivity index (χ0) is 22.6. The minimum Gasteiger partial charge on any atom is -0.484 e. The molecule has 1 N–H and O–H groups in total. The molecule has 1 aromatic carbocycles. The van der Waals surface area contributed by atoms with Gasteiger partial charge in [-0.15, -0.1) is 0 Å². The maximum absolute atomic E-state index is 12.7. The van der Waals surface area contributed by atoms with Gasteiger partial charge in [0.1, 0.15) is 18.1 Å². The third-order valence-corrected chi connectivity index (χ3v) is 8.02. The van der Waals surface area contributed by atoms with Gasteiger partial charge in [-0.1, -0.05) is 23.2 Å². The molecule has 0 spiro atoms. The molecule has 1 amide bonds. The average Bonchev–Trinajstić information content (AvgIpc) is 3.44. The smallest absolute Gasteiger partial charge is 0.292 e. The summed E-state index contributed by atoms with van der Waals surface area (Å²) in [6, 6.07) is 10.2. The highest BCUT2D eigenvalue weighted by molar-refractivity contribution is 6.34. The van der Waals surface area contributed by atoms with E-state index in [1.807, 2.05) is 12.3 Å². The molecule has 0 radical (unpaired) electrons. The van der Waals surface area contributed by atoms with Gasteiger partial charge in [-0.05, 0) is 80.5 Å². The number of aromatic nitrogens is 2. The lowest BCUT2D eigenvalue weighted by atomic mass is 9.53. The molecule has 3 aromatic rings. The highest BCUT2D eigenvalue weighted by atomic mass is 35.5. The fourth-order valence-electron chi connectivity index (χ4n) is 6.49. The molecule has 7 rings (SSSR count).